The third-order valence-electron chi connectivity index (χ3n) is 2.52. The highest BCUT2D eigenvalue weighted by Gasteiger charge is 2.17. The Balaban J connectivity index is 2.30. The van der Waals surface area contributed by atoms with Gasteiger partial charge in [-0.2, -0.15) is 5.10 Å². The minimum Gasteiger partial charge on any atom is -0.316 e. The maximum atomic E-state index is 11.3. The standard InChI is InChI=1S/C9H13N3O/c1-12-9(13)4-8(6-11-12)7-2-3-10-5-7/h4,6-7,10H,2-3,5H2,1H3. The summed E-state index contributed by atoms with van der Waals surface area (Å²) >= 11 is 0. The first-order chi connectivity index (χ1) is 6.27. The maximum absolute atomic E-state index is 11.3. The number of aryl methyl sites for hydroxylation is 1. The van der Waals surface area contributed by atoms with Crippen LogP contribution in [0.25, 0.3) is 0 Å². The fourth-order valence-corrected chi connectivity index (χ4v) is 1.65. The van der Waals surface area contributed by atoms with Crippen LogP contribution >= 0.6 is 0 Å². The average Bonchev–Trinajstić information content (AvgIpc) is 2.62. The van der Waals surface area contributed by atoms with Gasteiger partial charge in [-0.05, 0) is 24.4 Å². The van der Waals surface area contributed by atoms with Gasteiger partial charge in [-0.25, -0.2) is 4.68 Å². The molecule has 1 saturated heterocycles. The van der Waals surface area contributed by atoms with Crippen LogP contribution in [0.2, 0.25) is 0 Å². The van der Waals surface area contributed by atoms with Gasteiger partial charge < -0.3 is 5.32 Å². The normalized spacial score (nSPS) is 22.1. The molecule has 0 spiro atoms. The minimum absolute atomic E-state index is 0.0237. The quantitative estimate of drug-likeness (QED) is 0.652. The van der Waals surface area contributed by atoms with Gasteiger partial charge in [0.05, 0.1) is 6.20 Å². The van der Waals surface area contributed by atoms with Gasteiger partial charge >= 0.3 is 0 Å². The van der Waals surface area contributed by atoms with Crippen molar-refractivity contribution in [3.05, 3.63) is 28.2 Å². The molecule has 1 aromatic heterocycles. The average molecular weight is 179 g/mol. The van der Waals surface area contributed by atoms with Crippen molar-refractivity contribution >= 4 is 0 Å². The third-order valence-corrected chi connectivity index (χ3v) is 2.52. The fraction of sp³-hybridized carbons (Fsp3) is 0.556. The third kappa shape index (κ3) is 1.62. The molecule has 0 saturated carbocycles. The van der Waals surface area contributed by atoms with Crippen LogP contribution in [0.15, 0.2) is 17.1 Å². The summed E-state index contributed by atoms with van der Waals surface area (Å²) in [6, 6.07) is 1.69. The van der Waals surface area contributed by atoms with E-state index in [4.69, 9.17) is 0 Å². The van der Waals surface area contributed by atoms with Gasteiger partial charge in [0.1, 0.15) is 0 Å². The lowest BCUT2D eigenvalue weighted by molar-refractivity contribution is 0.676. The molecule has 1 aliphatic heterocycles. The van der Waals surface area contributed by atoms with Crippen LogP contribution in [0, 0.1) is 0 Å². The summed E-state index contributed by atoms with van der Waals surface area (Å²) in [6.45, 7) is 2.01. The van der Waals surface area contributed by atoms with Crippen LogP contribution in [-0.2, 0) is 7.05 Å². The van der Waals surface area contributed by atoms with Gasteiger partial charge in [0.15, 0.2) is 0 Å². The summed E-state index contributed by atoms with van der Waals surface area (Å²) in [5.41, 5.74) is 1.04. The molecule has 1 atom stereocenters. The van der Waals surface area contributed by atoms with Crippen LogP contribution < -0.4 is 10.9 Å². The van der Waals surface area contributed by atoms with E-state index in [2.05, 4.69) is 10.4 Å². The van der Waals surface area contributed by atoms with Gasteiger partial charge in [0, 0.05) is 19.7 Å². The lowest BCUT2D eigenvalue weighted by atomic mass is 10.0. The monoisotopic (exact) mass is 179 g/mol. The zero-order valence-corrected chi connectivity index (χ0v) is 7.66. The molecule has 13 heavy (non-hydrogen) atoms. The van der Waals surface area contributed by atoms with Crippen LogP contribution in [0.4, 0.5) is 0 Å². The minimum atomic E-state index is -0.0237. The lowest BCUT2D eigenvalue weighted by Gasteiger charge is -2.07. The molecular formula is C9H13N3O. The number of rotatable bonds is 1. The number of aromatic nitrogens is 2. The Bertz CT molecular complexity index is 352. The van der Waals surface area contributed by atoms with E-state index < -0.39 is 0 Å². The van der Waals surface area contributed by atoms with Crippen molar-refractivity contribution in [2.75, 3.05) is 13.1 Å². The molecule has 2 rings (SSSR count). The molecule has 1 unspecified atom stereocenters. The second-order valence-corrected chi connectivity index (χ2v) is 3.44. The smallest absolute Gasteiger partial charge is 0.266 e. The molecular weight excluding hydrogens is 166 g/mol. The molecule has 0 radical (unpaired) electrons. The Labute approximate surface area is 76.6 Å². The Morgan fingerprint density at radius 1 is 1.69 bits per heavy atom. The zero-order chi connectivity index (χ0) is 9.26. The summed E-state index contributed by atoms with van der Waals surface area (Å²) in [6.07, 6.45) is 2.90. The molecule has 0 aromatic carbocycles. The Morgan fingerprint density at radius 3 is 3.15 bits per heavy atom. The number of hydrogen-bond donors (Lipinski definition) is 1. The molecule has 4 nitrogen and oxygen atoms in total. The van der Waals surface area contributed by atoms with Crippen LogP contribution in [0.5, 0.6) is 0 Å². The van der Waals surface area contributed by atoms with E-state index in [9.17, 15) is 4.79 Å². The van der Waals surface area contributed by atoms with E-state index in [-0.39, 0.29) is 5.56 Å². The molecule has 1 N–H and O–H groups in total. The van der Waals surface area contributed by atoms with Crippen molar-refractivity contribution in [2.24, 2.45) is 7.05 Å². The van der Waals surface area contributed by atoms with Gasteiger partial charge in [-0.3, -0.25) is 4.79 Å². The highest BCUT2D eigenvalue weighted by Crippen LogP contribution is 2.19. The van der Waals surface area contributed by atoms with E-state index in [1.54, 1.807) is 19.3 Å². The molecule has 0 amide bonds. The van der Waals surface area contributed by atoms with Crippen LogP contribution in [-0.4, -0.2) is 22.9 Å². The molecule has 2 heterocycles. The fourth-order valence-electron chi connectivity index (χ4n) is 1.65. The van der Waals surface area contributed by atoms with E-state index in [0.29, 0.717) is 5.92 Å². The van der Waals surface area contributed by atoms with Crippen molar-refractivity contribution in [3.8, 4) is 0 Å². The maximum Gasteiger partial charge on any atom is 0.266 e. The van der Waals surface area contributed by atoms with Crippen LogP contribution in [0.1, 0.15) is 17.9 Å². The van der Waals surface area contributed by atoms with E-state index >= 15 is 0 Å². The number of nitrogens with zero attached hydrogens (tertiary/aromatic N) is 2. The van der Waals surface area contributed by atoms with E-state index in [1.807, 2.05) is 0 Å². The number of nitrogens with one attached hydrogen (secondary N) is 1. The topological polar surface area (TPSA) is 46.9 Å². The SMILES string of the molecule is Cn1ncc(C2CCNC2)cc1=O. The van der Waals surface area contributed by atoms with E-state index in [0.717, 1.165) is 25.1 Å². The van der Waals surface area contributed by atoms with Crippen molar-refractivity contribution in [2.45, 2.75) is 12.3 Å². The van der Waals surface area contributed by atoms with Crippen molar-refractivity contribution in [1.82, 2.24) is 15.1 Å². The summed E-state index contributed by atoms with van der Waals surface area (Å²) in [5, 5.41) is 7.27. The summed E-state index contributed by atoms with van der Waals surface area (Å²) in [7, 11) is 1.67. The van der Waals surface area contributed by atoms with Crippen molar-refractivity contribution in [3.63, 3.8) is 0 Å². The second-order valence-electron chi connectivity index (χ2n) is 3.44. The molecule has 1 aliphatic rings. The molecule has 0 aliphatic carbocycles. The highest BCUT2D eigenvalue weighted by molar-refractivity contribution is 5.14. The van der Waals surface area contributed by atoms with E-state index in [1.165, 1.54) is 4.68 Å². The Morgan fingerprint density at radius 2 is 2.54 bits per heavy atom. The molecule has 1 aromatic rings. The summed E-state index contributed by atoms with van der Waals surface area (Å²) in [4.78, 5) is 11.3. The predicted octanol–water partition coefficient (Wildman–Crippen LogP) is -0.143. The Kier molecular flexibility index (Phi) is 2.14. The zero-order valence-electron chi connectivity index (χ0n) is 7.66. The lowest BCUT2D eigenvalue weighted by Crippen LogP contribution is -2.20. The predicted molar refractivity (Wildman–Crippen MR) is 49.7 cm³/mol. The van der Waals surface area contributed by atoms with Crippen molar-refractivity contribution in [1.29, 1.82) is 0 Å². The van der Waals surface area contributed by atoms with Crippen molar-refractivity contribution < 1.29 is 0 Å². The molecule has 4 heteroatoms. The first-order valence-corrected chi connectivity index (χ1v) is 4.51. The highest BCUT2D eigenvalue weighted by atomic mass is 16.1. The first kappa shape index (κ1) is 8.44. The Hall–Kier alpha value is -1.16. The first-order valence-electron chi connectivity index (χ1n) is 4.51. The van der Waals surface area contributed by atoms with Gasteiger partial charge in [0.25, 0.3) is 5.56 Å². The molecule has 70 valence electrons. The number of hydrogen-bond acceptors (Lipinski definition) is 3. The second kappa shape index (κ2) is 3.30. The summed E-state index contributed by atoms with van der Waals surface area (Å²) in [5.74, 6) is 0.474. The van der Waals surface area contributed by atoms with Gasteiger partial charge in [-0.15, -0.1) is 0 Å². The largest absolute Gasteiger partial charge is 0.316 e. The molecule has 0 bridgehead atoms. The van der Waals surface area contributed by atoms with Crippen LogP contribution in [0.3, 0.4) is 0 Å². The molecule has 1 fully saturated rings. The summed E-state index contributed by atoms with van der Waals surface area (Å²) < 4.78 is 1.35. The van der Waals surface area contributed by atoms with Gasteiger partial charge in [0.2, 0.25) is 0 Å². The van der Waals surface area contributed by atoms with Gasteiger partial charge in [-0.1, -0.05) is 0 Å².